The van der Waals surface area contributed by atoms with Gasteiger partial charge in [0.2, 0.25) is 5.91 Å². The van der Waals surface area contributed by atoms with Crippen molar-refractivity contribution in [1.82, 2.24) is 14.9 Å². The topological polar surface area (TPSA) is 65.4 Å². The highest BCUT2D eigenvalue weighted by molar-refractivity contribution is 7.99. The Morgan fingerprint density at radius 1 is 1.12 bits per heavy atom. The van der Waals surface area contributed by atoms with E-state index in [4.69, 9.17) is 21.1 Å². The molecule has 0 radical (unpaired) electrons. The van der Waals surface area contributed by atoms with Crippen LogP contribution in [0.25, 0.3) is 11.3 Å². The second-order valence-electron chi connectivity index (χ2n) is 8.02. The van der Waals surface area contributed by atoms with E-state index in [2.05, 4.69) is 28.7 Å². The lowest BCUT2D eigenvalue weighted by Gasteiger charge is -2.14. The van der Waals surface area contributed by atoms with Crippen molar-refractivity contribution in [2.45, 2.75) is 32.0 Å². The van der Waals surface area contributed by atoms with Gasteiger partial charge in [-0.05, 0) is 47.7 Å². The molecule has 176 valence electrons. The SMILES string of the molecule is COc1ccc(CCNC(=O)CSc2ncc(-c3ccc(Cl)cc3)n2CC(C)C)cc1OC. The minimum absolute atomic E-state index is 0.0207. The summed E-state index contributed by atoms with van der Waals surface area (Å²) in [7, 11) is 3.22. The van der Waals surface area contributed by atoms with Crippen LogP contribution in [0.2, 0.25) is 5.02 Å². The summed E-state index contributed by atoms with van der Waals surface area (Å²) in [6.45, 7) is 5.70. The number of halogens is 1. The molecule has 0 saturated heterocycles. The van der Waals surface area contributed by atoms with Gasteiger partial charge in [0.25, 0.3) is 0 Å². The molecule has 0 aliphatic carbocycles. The normalized spacial score (nSPS) is 11.0. The lowest BCUT2D eigenvalue weighted by Crippen LogP contribution is -2.27. The van der Waals surface area contributed by atoms with Crippen LogP contribution in [0.3, 0.4) is 0 Å². The van der Waals surface area contributed by atoms with E-state index < -0.39 is 0 Å². The summed E-state index contributed by atoms with van der Waals surface area (Å²) in [6, 6.07) is 13.5. The molecule has 0 aliphatic rings. The molecule has 1 aromatic heterocycles. The summed E-state index contributed by atoms with van der Waals surface area (Å²) in [6.07, 6.45) is 2.57. The van der Waals surface area contributed by atoms with E-state index >= 15 is 0 Å². The van der Waals surface area contributed by atoms with Crippen LogP contribution < -0.4 is 14.8 Å². The highest BCUT2D eigenvalue weighted by Crippen LogP contribution is 2.29. The number of methoxy groups -OCH3 is 2. The third-order valence-corrected chi connectivity index (χ3v) is 6.27. The number of benzene rings is 2. The fourth-order valence-electron chi connectivity index (χ4n) is 3.43. The monoisotopic (exact) mass is 487 g/mol. The molecule has 0 saturated carbocycles. The van der Waals surface area contributed by atoms with Crippen molar-refractivity contribution < 1.29 is 14.3 Å². The number of thioether (sulfide) groups is 1. The zero-order valence-electron chi connectivity index (χ0n) is 19.4. The molecule has 0 spiro atoms. The number of hydrogen-bond donors (Lipinski definition) is 1. The van der Waals surface area contributed by atoms with Gasteiger partial charge in [-0.1, -0.05) is 55.4 Å². The Labute approximate surface area is 204 Å². The van der Waals surface area contributed by atoms with E-state index in [1.807, 2.05) is 48.7 Å². The first kappa shape index (κ1) is 25.0. The molecular formula is C25H30ClN3O3S. The summed E-state index contributed by atoms with van der Waals surface area (Å²) < 4.78 is 12.8. The average Bonchev–Trinajstić information content (AvgIpc) is 3.19. The van der Waals surface area contributed by atoms with Gasteiger partial charge in [-0.2, -0.15) is 0 Å². The molecule has 0 fully saturated rings. The van der Waals surface area contributed by atoms with Gasteiger partial charge in [0.1, 0.15) is 0 Å². The van der Waals surface area contributed by atoms with Crippen molar-refractivity contribution in [3.63, 3.8) is 0 Å². The summed E-state index contributed by atoms with van der Waals surface area (Å²) in [5.74, 6) is 2.11. The number of hydrogen-bond acceptors (Lipinski definition) is 5. The van der Waals surface area contributed by atoms with Crippen molar-refractivity contribution >= 4 is 29.3 Å². The number of nitrogens with one attached hydrogen (secondary N) is 1. The molecule has 6 nitrogen and oxygen atoms in total. The molecule has 3 aromatic rings. The third kappa shape index (κ3) is 6.92. The van der Waals surface area contributed by atoms with Crippen LogP contribution in [0.15, 0.2) is 53.8 Å². The van der Waals surface area contributed by atoms with Crippen LogP contribution >= 0.6 is 23.4 Å². The van der Waals surface area contributed by atoms with Gasteiger partial charge in [0, 0.05) is 18.1 Å². The Bertz CT molecular complexity index is 1070. The maximum absolute atomic E-state index is 12.4. The average molecular weight is 488 g/mol. The fourth-order valence-corrected chi connectivity index (χ4v) is 4.37. The first-order valence-corrected chi connectivity index (χ1v) is 12.2. The van der Waals surface area contributed by atoms with Gasteiger partial charge in [-0.15, -0.1) is 0 Å². The minimum Gasteiger partial charge on any atom is -0.493 e. The smallest absolute Gasteiger partial charge is 0.230 e. The lowest BCUT2D eigenvalue weighted by atomic mass is 10.1. The quantitative estimate of drug-likeness (QED) is 0.370. The van der Waals surface area contributed by atoms with Crippen molar-refractivity contribution in [2.24, 2.45) is 5.92 Å². The number of carbonyl (C=O) groups excluding carboxylic acids is 1. The molecule has 0 unspecified atom stereocenters. The standard InChI is InChI=1S/C25H30ClN3O3S/c1-17(2)15-29-21(19-6-8-20(26)9-7-19)14-28-25(29)33-16-24(30)27-12-11-18-5-10-22(31-3)23(13-18)32-4/h5-10,13-14,17H,11-12,15-16H2,1-4H3,(H,27,30). The van der Waals surface area contributed by atoms with Crippen LogP contribution in [0.4, 0.5) is 0 Å². The van der Waals surface area contributed by atoms with E-state index in [-0.39, 0.29) is 5.91 Å². The molecule has 1 N–H and O–H groups in total. The molecule has 0 bridgehead atoms. The van der Waals surface area contributed by atoms with Crippen LogP contribution in [0.5, 0.6) is 11.5 Å². The van der Waals surface area contributed by atoms with E-state index in [0.29, 0.717) is 41.2 Å². The number of aromatic nitrogens is 2. The highest BCUT2D eigenvalue weighted by Gasteiger charge is 2.15. The van der Waals surface area contributed by atoms with Gasteiger partial charge < -0.3 is 19.4 Å². The van der Waals surface area contributed by atoms with Crippen molar-refractivity contribution in [3.05, 3.63) is 59.2 Å². The van der Waals surface area contributed by atoms with Crippen LogP contribution in [-0.2, 0) is 17.8 Å². The number of carbonyl (C=O) groups is 1. The second kappa shape index (κ2) is 12.0. The number of nitrogens with zero attached hydrogens (tertiary/aromatic N) is 2. The zero-order chi connectivity index (χ0) is 23.8. The van der Waals surface area contributed by atoms with E-state index in [1.165, 1.54) is 11.8 Å². The molecule has 3 rings (SSSR count). The molecule has 2 aromatic carbocycles. The van der Waals surface area contributed by atoms with Gasteiger partial charge in [-0.3, -0.25) is 4.79 Å². The molecule has 8 heteroatoms. The Balaban J connectivity index is 1.58. The first-order valence-electron chi connectivity index (χ1n) is 10.8. The fraction of sp³-hybridized carbons (Fsp3) is 0.360. The summed E-state index contributed by atoms with van der Waals surface area (Å²) in [5.41, 5.74) is 3.15. The third-order valence-electron chi connectivity index (χ3n) is 5.02. The first-order chi connectivity index (χ1) is 15.9. The summed E-state index contributed by atoms with van der Waals surface area (Å²) in [5, 5.41) is 4.53. The maximum atomic E-state index is 12.4. The summed E-state index contributed by atoms with van der Waals surface area (Å²) in [4.78, 5) is 17.0. The van der Waals surface area contributed by atoms with Gasteiger partial charge >= 0.3 is 0 Å². The second-order valence-corrected chi connectivity index (χ2v) is 9.39. The number of imidazole rings is 1. The van der Waals surface area contributed by atoms with E-state index in [9.17, 15) is 4.79 Å². The van der Waals surface area contributed by atoms with Gasteiger partial charge in [0.05, 0.1) is 31.9 Å². The maximum Gasteiger partial charge on any atom is 0.230 e. The van der Waals surface area contributed by atoms with E-state index in [0.717, 1.165) is 28.5 Å². The number of ether oxygens (including phenoxy) is 2. The molecular weight excluding hydrogens is 458 g/mol. The highest BCUT2D eigenvalue weighted by atomic mass is 35.5. The number of amides is 1. The largest absolute Gasteiger partial charge is 0.493 e. The van der Waals surface area contributed by atoms with Crippen LogP contribution in [-0.4, -0.2) is 42.0 Å². The van der Waals surface area contributed by atoms with Gasteiger partial charge in [0.15, 0.2) is 16.7 Å². The van der Waals surface area contributed by atoms with E-state index in [1.54, 1.807) is 14.2 Å². The van der Waals surface area contributed by atoms with Crippen molar-refractivity contribution in [2.75, 3.05) is 26.5 Å². The Morgan fingerprint density at radius 3 is 2.52 bits per heavy atom. The summed E-state index contributed by atoms with van der Waals surface area (Å²) >= 11 is 7.49. The van der Waals surface area contributed by atoms with Crippen molar-refractivity contribution in [1.29, 1.82) is 0 Å². The minimum atomic E-state index is -0.0207. The molecule has 33 heavy (non-hydrogen) atoms. The molecule has 0 aliphatic heterocycles. The zero-order valence-corrected chi connectivity index (χ0v) is 21.0. The van der Waals surface area contributed by atoms with Crippen molar-refractivity contribution in [3.8, 4) is 22.8 Å². The van der Waals surface area contributed by atoms with Crippen LogP contribution in [0.1, 0.15) is 19.4 Å². The predicted octanol–water partition coefficient (Wildman–Crippen LogP) is 5.33. The lowest BCUT2D eigenvalue weighted by molar-refractivity contribution is -0.118. The Morgan fingerprint density at radius 2 is 1.85 bits per heavy atom. The Kier molecular flexibility index (Phi) is 9.09. The molecule has 1 heterocycles. The molecule has 0 atom stereocenters. The van der Waals surface area contributed by atoms with Gasteiger partial charge in [-0.25, -0.2) is 4.98 Å². The predicted molar refractivity (Wildman–Crippen MR) is 134 cm³/mol. The molecule has 1 amide bonds. The number of rotatable bonds is 11. The Hall–Kier alpha value is -2.64. The van der Waals surface area contributed by atoms with Crippen LogP contribution in [0, 0.1) is 5.92 Å².